The number of nitrogens with zero attached hydrogens (tertiary/aromatic N) is 1. The summed E-state index contributed by atoms with van der Waals surface area (Å²) in [4.78, 5) is 15.5. The largest absolute Gasteiger partial charge is 0.312 e. The summed E-state index contributed by atoms with van der Waals surface area (Å²) in [5, 5.41) is 0. The maximum Gasteiger partial charge on any atom is 0.232 e. The van der Waals surface area contributed by atoms with Gasteiger partial charge in [-0.3, -0.25) is 4.79 Å². The van der Waals surface area contributed by atoms with Gasteiger partial charge in [-0.2, -0.15) is 0 Å². The number of fused-ring (bicyclic) bond motifs is 1. The van der Waals surface area contributed by atoms with Gasteiger partial charge in [0.15, 0.2) is 0 Å². The summed E-state index contributed by atoms with van der Waals surface area (Å²) >= 11 is 5.07. The van der Waals surface area contributed by atoms with Crippen LogP contribution in [0.3, 0.4) is 0 Å². The maximum atomic E-state index is 12.5. The van der Waals surface area contributed by atoms with Crippen molar-refractivity contribution in [3.63, 3.8) is 0 Å². The first-order valence-corrected chi connectivity index (χ1v) is 7.97. The van der Waals surface area contributed by atoms with Crippen LogP contribution in [0.2, 0.25) is 0 Å². The second-order valence-electron chi connectivity index (χ2n) is 4.66. The molecule has 98 valence electrons. The van der Waals surface area contributed by atoms with Gasteiger partial charge in [-0.25, -0.2) is 0 Å². The van der Waals surface area contributed by atoms with Crippen LogP contribution in [-0.4, -0.2) is 12.5 Å². The first-order chi connectivity index (χ1) is 9.24. The predicted octanol–water partition coefficient (Wildman–Crippen LogP) is 4.03. The highest BCUT2D eigenvalue weighted by Gasteiger charge is 2.22. The SMILES string of the molecule is O=C(Cc1ccc(Br)s1)N1CCCc2ccccc21. The summed E-state index contributed by atoms with van der Waals surface area (Å²) in [6.45, 7) is 0.836. The fourth-order valence-corrected chi connectivity index (χ4v) is 3.96. The lowest BCUT2D eigenvalue weighted by atomic mass is 10.0. The van der Waals surface area contributed by atoms with Crippen molar-refractivity contribution >= 4 is 38.9 Å². The molecule has 3 rings (SSSR count). The average Bonchev–Trinajstić information content (AvgIpc) is 2.83. The molecule has 2 heterocycles. The van der Waals surface area contributed by atoms with Crippen LogP contribution in [0.1, 0.15) is 16.9 Å². The van der Waals surface area contributed by atoms with Crippen LogP contribution in [-0.2, 0) is 17.6 Å². The minimum Gasteiger partial charge on any atom is -0.312 e. The average molecular weight is 336 g/mol. The number of anilines is 1. The quantitative estimate of drug-likeness (QED) is 0.811. The number of benzene rings is 1. The molecule has 0 fully saturated rings. The Labute approximate surface area is 125 Å². The van der Waals surface area contributed by atoms with Gasteiger partial charge >= 0.3 is 0 Å². The Morgan fingerprint density at radius 3 is 2.89 bits per heavy atom. The number of hydrogen-bond donors (Lipinski definition) is 0. The topological polar surface area (TPSA) is 20.3 Å². The molecule has 0 atom stereocenters. The van der Waals surface area contributed by atoms with Crippen molar-refractivity contribution in [1.29, 1.82) is 0 Å². The molecule has 2 nitrogen and oxygen atoms in total. The second-order valence-corrected chi connectivity index (χ2v) is 7.21. The van der Waals surface area contributed by atoms with Crippen molar-refractivity contribution < 1.29 is 4.79 Å². The molecule has 0 unspecified atom stereocenters. The van der Waals surface area contributed by atoms with E-state index in [0.717, 1.165) is 33.7 Å². The summed E-state index contributed by atoms with van der Waals surface area (Å²) in [6.07, 6.45) is 2.62. The Balaban J connectivity index is 1.81. The van der Waals surface area contributed by atoms with Crippen molar-refractivity contribution in [2.24, 2.45) is 0 Å². The summed E-state index contributed by atoms with van der Waals surface area (Å²) in [5.74, 6) is 0.196. The molecule has 0 spiro atoms. The van der Waals surface area contributed by atoms with E-state index in [1.165, 1.54) is 5.56 Å². The van der Waals surface area contributed by atoms with E-state index in [9.17, 15) is 4.79 Å². The van der Waals surface area contributed by atoms with Gasteiger partial charge < -0.3 is 4.90 Å². The Morgan fingerprint density at radius 2 is 2.11 bits per heavy atom. The van der Waals surface area contributed by atoms with Crippen molar-refractivity contribution in [3.8, 4) is 0 Å². The Hall–Kier alpha value is -1.13. The molecular weight excluding hydrogens is 322 g/mol. The lowest BCUT2D eigenvalue weighted by Crippen LogP contribution is -2.36. The third-order valence-electron chi connectivity index (χ3n) is 3.37. The molecule has 2 aromatic rings. The Kier molecular flexibility index (Phi) is 3.71. The number of aryl methyl sites for hydroxylation is 1. The number of halogens is 1. The van der Waals surface area contributed by atoms with Crippen molar-refractivity contribution in [1.82, 2.24) is 0 Å². The zero-order valence-electron chi connectivity index (χ0n) is 10.4. The summed E-state index contributed by atoms with van der Waals surface area (Å²) in [5.41, 5.74) is 2.38. The zero-order chi connectivity index (χ0) is 13.2. The van der Waals surface area contributed by atoms with Gasteiger partial charge in [0, 0.05) is 17.1 Å². The van der Waals surface area contributed by atoms with E-state index in [2.05, 4.69) is 28.1 Å². The first kappa shape index (κ1) is 12.9. The molecule has 1 aliphatic rings. The first-order valence-electron chi connectivity index (χ1n) is 6.36. The molecule has 1 aromatic carbocycles. The van der Waals surface area contributed by atoms with Crippen molar-refractivity contribution in [2.45, 2.75) is 19.3 Å². The molecule has 1 aliphatic heterocycles. The smallest absolute Gasteiger partial charge is 0.232 e. The van der Waals surface area contributed by atoms with Gasteiger partial charge in [-0.05, 0) is 52.5 Å². The molecule has 0 bridgehead atoms. The Morgan fingerprint density at radius 1 is 1.26 bits per heavy atom. The van der Waals surface area contributed by atoms with Gasteiger partial charge in [-0.15, -0.1) is 11.3 Å². The highest BCUT2D eigenvalue weighted by molar-refractivity contribution is 9.11. The molecule has 4 heteroatoms. The molecule has 1 aromatic heterocycles. The Bertz CT molecular complexity index is 608. The lowest BCUT2D eigenvalue weighted by molar-refractivity contribution is -0.118. The molecule has 0 N–H and O–H groups in total. The molecule has 0 aliphatic carbocycles. The number of para-hydroxylation sites is 1. The van der Waals surface area contributed by atoms with Crippen molar-refractivity contribution in [2.75, 3.05) is 11.4 Å². The predicted molar refractivity (Wildman–Crippen MR) is 82.8 cm³/mol. The third kappa shape index (κ3) is 2.74. The minimum atomic E-state index is 0.196. The third-order valence-corrected chi connectivity index (χ3v) is 4.99. The van der Waals surface area contributed by atoms with E-state index in [-0.39, 0.29) is 5.91 Å². The lowest BCUT2D eigenvalue weighted by Gasteiger charge is -2.29. The van der Waals surface area contributed by atoms with Gasteiger partial charge in [-0.1, -0.05) is 18.2 Å². The van der Waals surface area contributed by atoms with Gasteiger partial charge in [0.2, 0.25) is 5.91 Å². The standard InChI is InChI=1S/C15H14BrNOS/c16-14-8-7-12(19-14)10-15(18)17-9-3-5-11-4-1-2-6-13(11)17/h1-2,4,6-8H,3,5,9-10H2. The van der Waals surface area contributed by atoms with Crippen LogP contribution in [0.4, 0.5) is 5.69 Å². The van der Waals surface area contributed by atoms with Gasteiger partial charge in [0.05, 0.1) is 10.2 Å². The summed E-state index contributed by atoms with van der Waals surface area (Å²) < 4.78 is 1.08. The van der Waals surface area contributed by atoms with E-state index in [1.807, 2.05) is 29.2 Å². The molecule has 1 amide bonds. The summed E-state index contributed by atoms with van der Waals surface area (Å²) in [7, 11) is 0. The number of amides is 1. The highest BCUT2D eigenvalue weighted by Crippen LogP contribution is 2.28. The zero-order valence-corrected chi connectivity index (χ0v) is 12.8. The van der Waals surface area contributed by atoms with Crippen LogP contribution < -0.4 is 4.90 Å². The van der Waals surface area contributed by atoms with Crippen LogP contribution in [0.25, 0.3) is 0 Å². The van der Waals surface area contributed by atoms with E-state index >= 15 is 0 Å². The fraction of sp³-hybridized carbons (Fsp3) is 0.267. The molecular formula is C15H14BrNOS. The molecule has 0 radical (unpaired) electrons. The molecule has 0 saturated carbocycles. The molecule has 19 heavy (non-hydrogen) atoms. The van der Waals surface area contributed by atoms with E-state index in [0.29, 0.717) is 6.42 Å². The van der Waals surface area contributed by atoms with E-state index in [4.69, 9.17) is 0 Å². The monoisotopic (exact) mass is 335 g/mol. The summed E-state index contributed by atoms with van der Waals surface area (Å²) in [6, 6.07) is 12.2. The maximum absolute atomic E-state index is 12.5. The highest BCUT2D eigenvalue weighted by atomic mass is 79.9. The van der Waals surface area contributed by atoms with Gasteiger partial charge in [0.25, 0.3) is 0 Å². The fourth-order valence-electron chi connectivity index (χ4n) is 2.48. The van der Waals surface area contributed by atoms with Crippen LogP contribution in [0, 0.1) is 0 Å². The van der Waals surface area contributed by atoms with Crippen LogP contribution >= 0.6 is 27.3 Å². The normalized spacial score (nSPS) is 14.3. The number of carbonyl (C=O) groups is 1. The van der Waals surface area contributed by atoms with Crippen LogP contribution in [0.5, 0.6) is 0 Å². The number of hydrogen-bond acceptors (Lipinski definition) is 2. The number of thiophene rings is 1. The van der Waals surface area contributed by atoms with E-state index < -0.39 is 0 Å². The number of carbonyl (C=O) groups excluding carboxylic acids is 1. The minimum absolute atomic E-state index is 0.196. The van der Waals surface area contributed by atoms with Crippen molar-refractivity contribution in [3.05, 3.63) is 50.6 Å². The van der Waals surface area contributed by atoms with Crippen LogP contribution in [0.15, 0.2) is 40.2 Å². The van der Waals surface area contributed by atoms with Gasteiger partial charge in [0.1, 0.15) is 0 Å². The number of rotatable bonds is 2. The molecule has 0 saturated heterocycles. The van der Waals surface area contributed by atoms with E-state index in [1.54, 1.807) is 11.3 Å². The second kappa shape index (κ2) is 5.47.